The topological polar surface area (TPSA) is 66.7 Å². The van der Waals surface area contributed by atoms with Gasteiger partial charge in [0.15, 0.2) is 4.96 Å². The van der Waals surface area contributed by atoms with Gasteiger partial charge in [-0.05, 0) is 12.5 Å². The number of carbonyl (C=O) groups excluding carboxylic acids is 2. The summed E-state index contributed by atoms with van der Waals surface area (Å²) in [5, 5.41) is 4.73. The normalized spacial score (nSPS) is 11.2. The van der Waals surface area contributed by atoms with Crippen molar-refractivity contribution >= 4 is 49.8 Å². The third kappa shape index (κ3) is 2.71. The fourth-order valence-corrected chi connectivity index (χ4v) is 3.94. The van der Waals surface area contributed by atoms with Crippen molar-refractivity contribution in [3.63, 3.8) is 0 Å². The maximum absolute atomic E-state index is 12.4. The molecule has 0 unspecified atom stereocenters. The first-order chi connectivity index (χ1) is 10.6. The van der Waals surface area contributed by atoms with Crippen LogP contribution in [-0.2, 0) is 4.79 Å². The van der Waals surface area contributed by atoms with Crippen LogP contribution in [0.5, 0.6) is 0 Å². The molecule has 0 saturated heterocycles. The summed E-state index contributed by atoms with van der Waals surface area (Å²) in [7, 11) is 1.64. The number of imidazole rings is 1. The second-order valence-corrected chi connectivity index (χ2v) is 6.88. The summed E-state index contributed by atoms with van der Waals surface area (Å²) in [5.74, 6) is -0.292. The van der Waals surface area contributed by atoms with Crippen LogP contribution in [0.25, 0.3) is 15.3 Å². The Balaban J connectivity index is 1.76. The largest absolute Gasteiger partial charge is 0.355 e. The molecule has 6 nitrogen and oxygen atoms in total. The van der Waals surface area contributed by atoms with E-state index in [1.165, 1.54) is 16.2 Å². The Labute approximate surface area is 135 Å². The lowest BCUT2D eigenvalue weighted by molar-refractivity contribution is -0.121. The Kier molecular flexibility index (Phi) is 4.12. The highest BCUT2D eigenvalue weighted by molar-refractivity contribution is 7.21. The summed E-state index contributed by atoms with van der Waals surface area (Å²) >= 11 is 2.93. The molecule has 3 heterocycles. The van der Waals surface area contributed by atoms with E-state index in [0.29, 0.717) is 11.4 Å². The summed E-state index contributed by atoms with van der Waals surface area (Å²) in [5.41, 5.74) is 0.938. The van der Waals surface area contributed by atoms with Gasteiger partial charge in [0.25, 0.3) is 5.91 Å². The standard InChI is InChI=1S/C14H16N4O2S2/c1-3-4-15-11(19)8-17(2)13(20)10-7-9-12(22-10)16-14-18(9)5-6-21-14/h5-7H,3-4,8H2,1-2H3,(H,15,19). The maximum Gasteiger partial charge on any atom is 0.264 e. The van der Waals surface area contributed by atoms with Crippen LogP contribution in [0.4, 0.5) is 0 Å². The van der Waals surface area contributed by atoms with Gasteiger partial charge in [-0.1, -0.05) is 6.92 Å². The summed E-state index contributed by atoms with van der Waals surface area (Å²) in [6, 6.07) is 1.84. The first-order valence-electron chi connectivity index (χ1n) is 6.97. The van der Waals surface area contributed by atoms with Crippen LogP contribution in [0, 0.1) is 0 Å². The second kappa shape index (κ2) is 6.05. The van der Waals surface area contributed by atoms with Crippen LogP contribution in [0.2, 0.25) is 0 Å². The molecule has 0 aliphatic carbocycles. The number of nitrogens with zero attached hydrogens (tertiary/aromatic N) is 3. The highest BCUT2D eigenvalue weighted by Gasteiger charge is 2.19. The predicted octanol–water partition coefficient (Wildman–Crippen LogP) is 2.21. The number of rotatable bonds is 5. The molecule has 8 heteroatoms. The van der Waals surface area contributed by atoms with Gasteiger partial charge < -0.3 is 10.2 Å². The van der Waals surface area contributed by atoms with Gasteiger partial charge in [0.2, 0.25) is 5.91 Å². The fourth-order valence-electron chi connectivity index (χ4n) is 2.15. The molecule has 116 valence electrons. The van der Waals surface area contributed by atoms with Crippen LogP contribution in [0.3, 0.4) is 0 Å². The molecule has 0 radical (unpaired) electrons. The maximum atomic E-state index is 12.4. The number of thiazole rings is 1. The second-order valence-electron chi connectivity index (χ2n) is 4.98. The number of hydrogen-bond acceptors (Lipinski definition) is 5. The first kappa shape index (κ1) is 15.0. The highest BCUT2D eigenvalue weighted by atomic mass is 32.1. The average Bonchev–Trinajstić information content (AvgIpc) is 3.15. The highest BCUT2D eigenvalue weighted by Crippen LogP contribution is 2.28. The molecule has 0 aliphatic heterocycles. The predicted molar refractivity (Wildman–Crippen MR) is 88.7 cm³/mol. The molecular weight excluding hydrogens is 320 g/mol. The molecule has 0 aliphatic rings. The number of amides is 2. The van der Waals surface area contributed by atoms with Crippen molar-refractivity contribution in [2.75, 3.05) is 20.1 Å². The summed E-state index contributed by atoms with van der Waals surface area (Å²) in [6.07, 6.45) is 2.82. The Morgan fingerprint density at radius 2 is 2.27 bits per heavy atom. The van der Waals surface area contributed by atoms with Crippen LogP contribution in [0.15, 0.2) is 17.6 Å². The van der Waals surface area contributed by atoms with E-state index in [1.807, 2.05) is 29.0 Å². The van der Waals surface area contributed by atoms with Gasteiger partial charge in [-0.15, -0.1) is 22.7 Å². The number of carbonyl (C=O) groups is 2. The number of aromatic nitrogens is 2. The molecule has 0 fully saturated rings. The Morgan fingerprint density at radius 3 is 3.05 bits per heavy atom. The molecular formula is C14H16N4O2S2. The number of hydrogen-bond donors (Lipinski definition) is 1. The molecule has 0 atom stereocenters. The van der Waals surface area contributed by atoms with Gasteiger partial charge in [-0.2, -0.15) is 0 Å². The van der Waals surface area contributed by atoms with E-state index < -0.39 is 0 Å². The smallest absolute Gasteiger partial charge is 0.264 e. The van der Waals surface area contributed by atoms with Gasteiger partial charge in [-0.3, -0.25) is 14.0 Å². The lowest BCUT2D eigenvalue weighted by atomic mass is 10.3. The quantitative estimate of drug-likeness (QED) is 0.777. The monoisotopic (exact) mass is 336 g/mol. The lowest BCUT2D eigenvalue weighted by Gasteiger charge is -2.15. The average molecular weight is 336 g/mol. The number of nitrogens with one attached hydrogen (secondary N) is 1. The van der Waals surface area contributed by atoms with E-state index in [1.54, 1.807) is 18.4 Å². The third-order valence-corrected chi connectivity index (χ3v) is 5.01. The minimum atomic E-state index is -0.154. The first-order valence-corrected chi connectivity index (χ1v) is 8.67. The molecule has 0 saturated carbocycles. The van der Waals surface area contributed by atoms with Gasteiger partial charge in [0.05, 0.1) is 16.9 Å². The van der Waals surface area contributed by atoms with Crippen LogP contribution in [0.1, 0.15) is 23.0 Å². The van der Waals surface area contributed by atoms with Crippen molar-refractivity contribution in [2.45, 2.75) is 13.3 Å². The van der Waals surface area contributed by atoms with Crippen molar-refractivity contribution in [1.29, 1.82) is 0 Å². The fraction of sp³-hybridized carbons (Fsp3) is 0.357. The van der Waals surface area contributed by atoms with E-state index in [2.05, 4.69) is 10.3 Å². The van der Waals surface area contributed by atoms with Crippen molar-refractivity contribution < 1.29 is 9.59 Å². The minimum absolute atomic E-state index is 0.0649. The van der Waals surface area contributed by atoms with E-state index >= 15 is 0 Å². The van der Waals surface area contributed by atoms with E-state index in [9.17, 15) is 9.59 Å². The Bertz CT molecular complexity index is 832. The molecule has 0 bridgehead atoms. The van der Waals surface area contributed by atoms with Gasteiger partial charge in [-0.25, -0.2) is 4.98 Å². The van der Waals surface area contributed by atoms with Crippen molar-refractivity contribution in [3.05, 3.63) is 22.5 Å². The zero-order valence-corrected chi connectivity index (χ0v) is 14.0. The summed E-state index contributed by atoms with van der Waals surface area (Å²) in [4.78, 5) is 32.4. The molecule has 0 aromatic carbocycles. The number of thiophene rings is 1. The van der Waals surface area contributed by atoms with E-state index in [4.69, 9.17) is 0 Å². The molecule has 3 aromatic heterocycles. The van der Waals surface area contributed by atoms with Crippen molar-refractivity contribution in [3.8, 4) is 0 Å². The van der Waals surface area contributed by atoms with Crippen molar-refractivity contribution in [2.24, 2.45) is 0 Å². The van der Waals surface area contributed by atoms with Crippen LogP contribution in [-0.4, -0.2) is 46.2 Å². The summed E-state index contributed by atoms with van der Waals surface area (Å²) < 4.78 is 1.97. The van der Waals surface area contributed by atoms with Crippen LogP contribution < -0.4 is 5.32 Å². The Morgan fingerprint density at radius 1 is 1.45 bits per heavy atom. The molecule has 0 spiro atoms. The zero-order valence-electron chi connectivity index (χ0n) is 12.3. The molecule has 1 N–H and O–H groups in total. The zero-order chi connectivity index (χ0) is 15.7. The van der Waals surface area contributed by atoms with Gasteiger partial charge in [0, 0.05) is 25.2 Å². The van der Waals surface area contributed by atoms with E-state index in [-0.39, 0.29) is 18.4 Å². The molecule has 3 rings (SSSR count). The van der Waals surface area contributed by atoms with E-state index in [0.717, 1.165) is 21.7 Å². The molecule has 22 heavy (non-hydrogen) atoms. The van der Waals surface area contributed by atoms with Gasteiger partial charge in [0.1, 0.15) is 4.83 Å². The SMILES string of the molecule is CCCNC(=O)CN(C)C(=O)c1cc2c(nc3sccn32)s1. The third-order valence-electron chi connectivity index (χ3n) is 3.25. The minimum Gasteiger partial charge on any atom is -0.355 e. The number of fused-ring (bicyclic) bond motifs is 3. The number of likely N-dealkylation sites (N-methyl/N-ethyl adjacent to an activating group) is 1. The lowest BCUT2D eigenvalue weighted by Crippen LogP contribution is -2.38. The van der Waals surface area contributed by atoms with Gasteiger partial charge >= 0.3 is 0 Å². The van der Waals surface area contributed by atoms with Crippen molar-refractivity contribution in [1.82, 2.24) is 19.6 Å². The Hall–Kier alpha value is -1.93. The summed E-state index contributed by atoms with van der Waals surface area (Å²) in [6.45, 7) is 2.68. The molecule has 2 amide bonds. The molecule has 3 aromatic rings. The van der Waals surface area contributed by atoms with Crippen LogP contribution >= 0.6 is 22.7 Å².